The second-order valence-corrected chi connectivity index (χ2v) is 4.81. The summed E-state index contributed by atoms with van der Waals surface area (Å²) in [7, 11) is 0. The number of carbonyl (C=O) groups excluding carboxylic acids is 1. The SMILES string of the molecule is CCCOCCC(=O)Nc1ccc(C(C)NCC)cc1. The van der Waals surface area contributed by atoms with E-state index in [9.17, 15) is 4.79 Å². The predicted molar refractivity (Wildman–Crippen MR) is 82.9 cm³/mol. The number of ether oxygens (including phenoxy) is 1. The molecule has 112 valence electrons. The van der Waals surface area contributed by atoms with Crippen molar-refractivity contribution in [1.29, 1.82) is 0 Å². The molecule has 1 atom stereocenters. The lowest BCUT2D eigenvalue weighted by Crippen LogP contribution is -2.18. The van der Waals surface area contributed by atoms with Crippen LogP contribution in [-0.4, -0.2) is 25.7 Å². The molecule has 0 aromatic heterocycles. The zero-order valence-electron chi connectivity index (χ0n) is 12.7. The number of benzene rings is 1. The number of amides is 1. The molecule has 0 saturated carbocycles. The van der Waals surface area contributed by atoms with E-state index in [-0.39, 0.29) is 5.91 Å². The lowest BCUT2D eigenvalue weighted by Gasteiger charge is -2.13. The summed E-state index contributed by atoms with van der Waals surface area (Å²) in [6.07, 6.45) is 1.38. The van der Waals surface area contributed by atoms with Gasteiger partial charge in [0.15, 0.2) is 0 Å². The van der Waals surface area contributed by atoms with Gasteiger partial charge >= 0.3 is 0 Å². The molecule has 4 heteroatoms. The second-order valence-electron chi connectivity index (χ2n) is 4.81. The van der Waals surface area contributed by atoms with Crippen LogP contribution in [-0.2, 0) is 9.53 Å². The topological polar surface area (TPSA) is 50.4 Å². The molecule has 0 aliphatic carbocycles. The minimum Gasteiger partial charge on any atom is -0.381 e. The molecule has 0 aliphatic rings. The lowest BCUT2D eigenvalue weighted by atomic mass is 10.1. The quantitative estimate of drug-likeness (QED) is 0.682. The largest absolute Gasteiger partial charge is 0.381 e. The number of carbonyl (C=O) groups is 1. The second kappa shape index (κ2) is 9.50. The van der Waals surface area contributed by atoms with Crippen molar-refractivity contribution in [1.82, 2.24) is 5.32 Å². The highest BCUT2D eigenvalue weighted by Crippen LogP contribution is 2.16. The van der Waals surface area contributed by atoms with Crippen LogP contribution in [0.25, 0.3) is 0 Å². The molecular formula is C16H26N2O2. The highest BCUT2D eigenvalue weighted by Gasteiger charge is 2.05. The molecule has 1 amide bonds. The van der Waals surface area contributed by atoms with Crippen LogP contribution in [0.5, 0.6) is 0 Å². The zero-order chi connectivity index (χ0) is 14.8. The van der Waals surface area contributed by atoms with E-state index in [1.54, 1.807) is 0 Å². The van der Waals surface area contributed by atoms with Crippen molar-refractivity contribution in [3.8, 4) is 0 Å². The molecule has 0 spiro atoms. The Morgan fingerprint density at radius 2 is 1.90 bits per heavy atom. The van der Waals surface area contributed by atoms with Gasteiger partial charge in [-0.15, -0.1) is 0 Å². The van der Waals surface area contributed by atoms with Crippen LogP contribution >= 0.6 is 0 Å². The summed E-state index contributed by atoms with van der Waals surface area (Å²) < 4.78 is 5.30. The number of hydrogen-bond acceptors (Lipinski definition) is 3. The van der Waals surface area contributed by atoms with Gasteiger partial charge in [-0.25, -0.2) is 0 Å². The van der Waals surface area contributed by atoms with Gasteiger partial charge in [0.1, 0.15) is 0 Å². The Balaban J connectivity index is 2.39. The third-order valence-corrected chi connectivity index (χ3v) is 3.03. The maximum atomic E-state index is 11.7. The van der Waals surface area contributed by atoms with Gasteiger partial charge in [0.05, 0.1) is 13.0 Å². The first-order valence-electron chi connectivity index (χ1n) is 7.38. The highest BCUT2D eigenvalue weighted by molar-refractivity contribution is 5.90. The smallest absolute Gasteiger partial charge is 0.226 e. The first kappa shape index (κ1) is 16.7. The van der Waals surface area contributed by atoms with Crippen molar-refractivity contribution in [3.63, 3.8) is 0 Å². The predicted octanol–water partition coefficient (Wildman–Crippen LogP) is 3.11. The molecule has 1 unspecified atom stereocenters. The Kier molecular flexibility index (Phi) is 7.92. The van der Waals surface area contributed by atoms with Crippen LogP contribution in [0.15, 0.2) is 24.3 Å². The Bertz CT molecular complexity index is 390. The Labute approximate surface area is 121 Å². The number of hydrogen-bond donors (Lipinski definition) is 2. The molecule has 1 rings (SSSR count). The first-order chi connectivity index (χ1) is 9.67. The van der Waals surface area contributed by atoms with E-state index >= 15 is 0 Å². The van der Waals surface area contributed by atoms with Gasteiger partial charge in [0, 0.05) is 18.3 Å². The fourth-order valence-corrected chi connectivity index (χ4v) is 1.91. The fraction of sp³-hybridized carbons (Fsp3) is 0.562. The van der Waals surface area contributed by atoms with Crippen LogP contribution in [0.1, 0.15) is 45.2 Å². The summed E-state index contributed by atoms with van der Waals surface area (Å²) in [5.41, 5.74) is 2.05. The molecule has 0 saturated heterocycles. The van der Waals surface area contributed by atoms with Gasteiger partial charge in [-0.3, -0.25) is 4.79 Å². The van der Waals surface area contributed by atoms with Crippen LogP contribution in [0.4, 0.5) is 5.69 Å². The first-order valence-corrected chi connectivity index (χ1v) is 7.38. The van der Waals surface area contributed by atoms with Gasteiger partial charge < -0.3 is 15.4 Å². The van der Waals surface area contributed by atoms with E-state index in [1.807, 2.05) is 24.3 Å². The minimum absolute atomic E-state index is 0.00594. The normalized spacial score (nSPS) is 12.2. The van der Waals surface area contributed by atoms with Gasteiger partial charge in [0.2, 0.25) is 5.91 Å². The van der Waals surface area contributed by atoms with Crippen LogP contribution in [0.3, 0.4) is 0 Å². The van der Waals surface area contributed by atoms with Crippen molar-refractivity contribution >= 4 is 11.6 Å². The minimum atomic E-state index is -0.00594. The molecule has 1 aromatic rings. The molecular weight excluding hydrogens is 252 g/mol. The summed E-state index contributed by atoms with van der Waals surface area (Å²) >= 11 is 0. The standard InChI is InChI=1S/C16H26N2O2/c1-4-11-20-12-10-16(19)18-15-8-6-14(7-9-15)13(3)17-5-2/h6-9,13,17H,4-5,10-12H2,1-3H3,(H,18,19). The molecule has 0 aliphatic heterocycles. The third-order valence-electron chi connectivity index (χ3n) is 3.03. The fourth-order valence-electron chi connectivity index (χ4n) is 1.91. The maximum absolute atomic E-state index is 11.7. The highest BCUT2D eigenvalue weighted by atomic mass is 16.5. The van der Waals surface area contributed by atoms with E-state index in [1.165, 1.54) is 5.56 Å². The zero-order valence-corrected chi connectivity index (χ0v) is 12.7. The average Bonchev–Trinajstić information content (AvgIpc) is 2.45. The van der Waals surface area contributed by atoms with Crippen molar-refractivity contribution in [2.75, 3.05) is 25.1 Å². The van der Waals surface area contributed by atoms with Crippen LogP contribution in [0, 0.1) is 0 Å². The van der Waals surface area contributed by atoms with Gasteiger partial charge in [0.25, 0.3) is 0 Å². The Morgan fingerprint density at radius 1 is 1.20 bits per heavy atom. The van der Waals surface area contributed by atoms with E-state index < -0.39 is 0 Å². The number of anilines is 1. The molecule has 0 fully saturated rings. The summed E-state index contributed by atoms with van der Waals surface area (Å²) in [6.45, 7) is 8.40. The molecule has 1 aromatic carbocycles. The maximum Gasteiger partial charge on any atom is 0.226 e. The van der Waals surface area contributed by atoms with Crippen molar-refractivity contribution in [2.24, 2.45) is 0 Å². The van der Waals surface area contributed by atoms with Crippen molar-refractivity contribution < 1.29 is 9.53 Å². The van der Waals surface area contributed by atoms with Gasteiger partial charge in [-0.2, -0.15) is 0 Å². The molecule has 0 bridgehead atoms. The lowest BCUT2D eigenvalue weighted by molar-refractivity contribution is -0.117. The summed E-state index contributed by atoms with van der Waals surface area (Å²) in [5.74, 6) is -0.00594. The Morgan fingerprint density at radius 3 is 2.50 bits per heavy atom. The van der Waals surface area contributed by atoms with Crippen molar-refractivity contribution in [3.05, 3.63) is 29.8 Å². The van der Waals surface area contributed by atoms with Gasteiger partial charge in [-0.05, 0) is 37.6 Å². The van der Waals surface area contributed by atoms with E-state index in [4.69, 9.17) is 4.74 Å². The number of rotatable bonds is 9. The van der Waals surface area contributed by atoms with Crippen molar-refractivity contribution in [2.45, 2.75) is 39.7 Å². The average molecular weight is 278 g/mol. The molecule has 4 nitrogen and oxygen atoms in total. The molecule has 0 radical (unpaired) electrons. The van der Waals surface area contributed by atoms with E-state index in [0.717, 1.165) is 18.7 Å². The summed E-state index contributed by atoms with van der Waals surface area (Å²) in [5, 5.41) is 6.24. The summed E-state index contributed by atoms with van der Waals surface area (Å²) in [4.78, 5) is 11.7. The van der Waals surface area contributed by atoms with Crippen LogP contribution < -0.4 is 10.6 Å². The molecule has 2 N–H and O–H groups in total. The Hall–Kier alpha value is -1.39. The molecule has 20 heavy (non-hydrogen) atoms. The summed E-state index contributed by atoms with van der Waals surface area (Å²) in [6, 6.07) is 8.28. The molecule has 0 heterocycles. The third kappa shape index (κ3) is 6.17. The van der Waals surface area contributed by atoms with E-state index in [2.05, 4.69) is 31.4 Å². The van der Waals surface area contributed by atoms with E-state index in [0.29, 0.717) is 25.7 Å². The van der Waals surface area contributed by atoms with Crippen LogP contribution in [0.2, 0.25) is 0 Å². The van der Waals surface area contributed by atoms with Gasteiger partial charge in [-0.1, -0.05) is 26.0 Å². The monoisotopic (exact) mass is 278 g/mol. The number of nitrogens with one attached hydrogen (secondary N) is 2.